The highest BCUT2D eigenvalue weighted by Gasteiger charge is 2.16. The van der Waals surface area contributed by atoms with Gasteiger partial charge >= 0.3 is 0 Å². The van der Waals surface area contributed by atoms with E-state index in [1.807, 2.05) is 60.9 Å². The zero-order chi connectivity index (χ0) is 27.2. The second kappa shape index (κ2) is 9.50. The SMILES string of the molecule is c1ccc(-c2cc(-c3ccc4oc5cccc(-c6ccc7ccncc7c6)c5c4c3)cc(-c3ccccn3)n2)nc1. The first kappa shape index (κ1) is 23.2. The lowest BCUT2D eigenvalue weighted by Gasteiger charge is -2.10. The van der Waals surface area contributed by atoms with E-state index in [-0.39, 0.29) is 0 Å². The van der Waals surface area contributed by atoms with Crippen LogP contribution in [0.25, 0.3) is 77.7 Å². The molecule has 5 heteroatoms. The van der Waals surface area contributed by atoms with Crippen LogP contribution < -0.4 is 0 Å². The molecule has 0 unspecified atom stereocenters. The molecule has 0 aliphatic rings. The van der Waals surface area contributed by atoms with Gasteiger partial charge in [-0.3, -0.25) is 15.0 Å². The summed E-state index contributed by atoms with van der Waals surface area (Å²) in [7, 11) is 0. The average molecular weight is 527 g/mol. The lowest BCUT2D eigenvalue weighted by molar-refractivity contribution is 0.669. The van der Waals surface area contributed by atoms with Crippen LogP contribution in [0.3, 0.4) is 0 Å². The third-order valence-corrected chi connectivity index (χ3v) is 7.46. The van der Waals surface area contributed by atoms with E-state index in [0.717, 1.165) is 72.4 Å². The van der Waals surface area contributed by atoms with Gasteiger partial charge in [0.25, 0.3) is 0 Å². The van der Waals surface area contributed by atoms with Crippen molar-refractivity contribution in [3.8, 4) is 45.0 Å². The summed E-state index contributed by atoms with van der Waals surface area (Å²) in [5.41, 5.74) is 9.29. The van der Waals surface area contributed by atoms with Crippen molar-refractivity contribution < 1.29 is 4.42 Å². The minimum Gasteiger partial charge on any atom is -0.456 e. The quantitative estimate of drug-likeness (QED) is 0.229. The summed E-state index contributed by atoms with van der Waals surface area (Å²) in [5.74, 6) is 0. The van der Waals surface area contributed by atoms with Crippen LogP contribution in [0, 0.1) is 0 Å². The van der Waals surface area contributed by atoms with Crippen LogP contribution in [0.15, 0.2) is 138 Å². The number of furan rings is 1. The van der Waals surface area contributed by atoms with Crippen molar-refractivity contribution in [1.29, 1.82) is 0 Å². The molecule has 0 fully saturated rings. The number of pyridine rings is 4. The molecule has 0 amide bonds. The molecule has 0 atom stereocenters. The highest BCUT2D eigenvalue weighted by molar-refractivity contribution is 6.13. The lowest BCUT2D eigenvalue weighted by Crippen LogP contribution is -1.93. The molecule has 8 rings (SSSR count). The molecule has 0 saturated carbocycles. The van der Waals surface area contributed by atoms with Gasteiger partial charge in [-0.15, -0.1) is 0 Å². The van der Waals surface area contributed by atoms with Gasteiger partial charge in [-0.2, -0.15) is 0 Å². The molecule has 5 nitrogen and oxygen atoms in total. The fourth-order valence-electron chi connectivity index (χ4n) is 5.49. The van der Waals surface area contributed by atoms with E-state index in [1.165, 1.54) is 5.39 Å². The van der Waals surface area contributed by atoms with Crippen LogP contribution in [0.1, 0.15) is 0 Å². The van der Waals surface area contributed by atoms with E-state index in [2.05, 4.69) is 75.6 Å². The van der Waals surface area contributed by atoms with Crippen LogP contribution in [-0.2, 0) is 0 Å². The molecule has 0 radical (unpaired) electrons. The molecule has 5 aromatic heterocycles. The zero-order valence-corrected chi connectivity index (χ0v) is 21.9. The van der Waals surface area contributed by atoms with Gasteiger partial charge in [0.15, 0.2) is 0 Å². The van der Waals surface area contributed by atoms with Gasteiger partial charge in [-0.05, 0) is 94.4 Å². The first-order chi connectivity index (χ1) is 20.3. The maximum absolute atomic E-state index is 6.33. The number of fused-ring (bicyclic) bond motifs is 4. The summed E-state index contributed by atoms with van der Waals surface area (Å²) < 4.78 is 6.33. The number of benzene rings is 3. The molecule has 41 heavy (non-hydrogen) atoms. The fraction of sp³-hybridized carbons (Fsp3) is 0. The number of hydrogen-bond donors (Lipinski definition) is 0. The number of hydrogen-bond acceptors (Lipinski definition) is 5. The summed E-state index contributed by atoms with van der Waals surface area (Å²) in [6, 6.07) is 37.1. The van der Waals surface area contributed by atoms with Crippen molar-refractivity contribution in [1.82, 2.24) is 19.9 Å². The number of aromatic nitrogens is 4. The molecular weight excluding hydrogens is 504 g/mol. The predicted octanol–water partition coefficient (Wildman–Crippen LogP) is 8.99. The van der Waals surface area contributed by atoms with Crippen molar-refractivity contribution >= 4 is 32.7 Å². The molecule has 0 N–H and O–H groups in total. The first-order valence-electron chi connectivity index (χ1n) is 13.4. The fourth-order valence-corrected chi connectivity index (χ4v) is 5.49. The molecular formula is C36H22N4O. The molecule has 0 spiro atoms. The minimum atomic E-state index is 0.798. The third-order valence-electron chi connectivity index (χ3n) is 7.46. The van der Waals surface area contributed by atoms with E-state index < -0.39 is 0 Å². The normalized spacial score (nSPS) is 11.4. The average Bonchev–Trinajstić information content (AvgIpc) is 3.43. The van der Waals surface area contributed by atoms with Crippen LogP contribution in [0.4, 0.5) is 0 Å². The van der Waals surface area contributed by atoms with Crippen molar-refractivity contribution in [3.05, 3.63) is 134 Å². The number of nitrogens with zero attached hydrogens (tertiary/aromatic N) is 4. The Bertz CT molecular complexity index is 2150. The van der Waals surface area contributed by atoms with Gasteiger partial charge in [-0.25, -0.2) is 4.98 Å². The second-order valence-electron chi connectivity index (χ2n) is 9.99. The summed E-state index contributed by atoms with van der Waals surface area (Å²) >= 11 is 0. The van der Waals surface area contributed by atoms with Crippen molar-refractivity contribution in [2.45, 2.75) is 0 Å². The zero-order valence-electron chi connectivity index (χ0n) is 21.9. The topological polar surface area (TPSA) is 64.7 Å². The number of rotatable bonds is 4. The highest BCUT2D eigenvalue weighted by Crippen LogP contribution is 2.39. The molecule has 0 bridgehead atoms. The van der Waals surface area contributed by atoms with Crippen molar-refractivity contribution in [2.75, 3.05) is 0 Å². The summed E-state index contributed by atoms with van der Waals surface area (Å²) in [6.45, 7) is 0. The van der Waals surface area contributed by atoms with Crippen molar-refractivity contribution in [2.24, 2.45) is 0 Å². The summed E-state index contributed by atoms with van der Waals surface area (Å²) in [4.78, 5) is 18.4. The Morgan fingerprint density at radius 2 is 1.27 bits per heavy atom. The second-order valence-corrected chi connectivity index (χ2v) is 9.99. The maximum Gasteiger partial charge on any atom is 0.136 e. The highest BCUT2D eigenvalue weighted by atomic mass is 16.3. The van der Waals surface area contributed by atoms with E-state index in [9.17, 15) is 0 Å². The molecule has 0 aliphatic heterocycles. The Balaban J connectivity index is 1.34. The van der Waals surface area contributed by atoms with Crippen LogP contribution >= 0.6 is 0 Å². The van der Waals surface area contributed by atoms with E-state index in [0.29, 0.717) is 0 Å². The third kappa shape index (κ3) is 4.12. The Kier molecular flexibility index (Phi) is 5.38. The summed E-state index contributed by atoms with van der Waals surface area (Å²) in [5, 5.41) is 4.43. The Morgan fingerprint density at radius 3 is 2.02 bits per heavy atom. The maximum atomic E-state index is 6.33. The van der Waals surface area contributed by atoms with Gasteiger partial charge in [-0.1, -0.05) is 42.5 Å². The van der Waals surface area contributed by atoms with Gasteiger partial charge in [0.1, 0.15) is 11.2 Å². The lowest BCUT2D eigenvalue weighted by atomic mass is 9.96. The van der Waals surface area contributed by atoms with Crippen LogP contribution in [-0.4, -0.2) is 19.9 Å². The van der Waals surface area contributed by atoms with Gasteiger partial charge < -0.3 is 4.42 Å². The molecule has 192 valence electrons. The standard InChI is InChI=1S/C36H22N4O/c1-3-15-38-30(7-1)32-20-26(21-33(40-32)31-8-2-4-16-39-31)24-12-13-34-29(19-24)36-28(6-5-9-35(36)41-34)25-11-10-23-14-17-37-22-27(23)18-25/h1-22H. The van der Waals surface area contributed by atoms with Gasteiger partial charge in [0.05, 0.1) is 22.8 Å². The Morgan fingerprint density at radius 1 is 0.488 bits per heavy atom. The molecule has 3 aromatic carbocycles. The molecule has 0 aliphatic carbocycles. The van der Waals surface area contributed by atoms with E-state index in [4.69, 9.17) is 9.40 Å². The minimum absolute atomic E-state index is 0.798. The first-order valence-corrected chi connectivity index (χ1v) is 13.4. The monoisotopic (exact) mass is 526 g/mol. The van der Waals surface area contributed by atoms with Crippen molar-refractivity contribution in [3.63, 3.8) is 0 Å². The smallest absolute Gasteiger partial charge is 0.136 e. The van der Waals surface area contributed by atoms with Crippen LogP contribution in [0.5, 0.6) is 0 Å². The molecule has 8 aromatic rings. The summed E-state index contributed by atoms with van der Waals surface area (Å²) in [6.07, 6.45) is 7.31. The van der Waals surface area contributed by atoms with Gasteiger partial charge in [0.2, 0.25) is 0 Å². The molecule has 0 saturated heterocycles. The predicted molar refractivity (Wildman–Crippen MR) is 164 cm³/mol. The largest absolute Gasteiger partial charge is 0.456 e. The van der Waals surface area contributed by atoms with Crippen LogP contribution in [0.2, 0.25) is 0 Å². The Hall–Kier alpha value is -5.68. The van der Waals surface area contributed by atoms with Gasteiger partial charge in [0, 0.05) is 40.9 Å². The van der Waals surface area contributed by atoms with E-state index >= 15 is 0 Å². The molecule has 5 heterocycles. The Labute approximate surface area is 235 Å². The van der Waals surface area contributed by atoms with E-state index in [1.54, 1.807) is 12.4 Å².